The van der Waals surface area contributed by atoms with Gasteiger partial charge >= 0.3 is 12.1 Å². The molecule has 0 aromatic carbocycles. The van der Waals surface area contributed by atoms with E-state index in [2.05, 4.69) is 15.0 Å². The van der Waals surface area contributed by atoms with Gasteiger partial charge in [0, 0.05) is 6.07 Å². The fourth-order valence-electron chi connectivity index (χ4n) is 1.00. The number of carbonyl (C=O) groups excluding carboxylic acids is 1. The van der Waals surface area contributed by atoms with Crippen LogP contribution in [-0.2, 0) is 9.53 Å². The summed E-state index contributed by atoms with van der Waals surface area (Å²) in [6.45, 7) is -0.607. The van der Waals surface area contributed by atoms with Crippen molar-refractivity contribution in [3.8, 4) is 0 Å². The summed E-state index contributed by atoms with van der Waals surface area (Å²) in [5.41, 5.74) is -0.214. The first-order chi connectivity index (χ1) is 8.80. The molecule has 0 saturated heterocycles. The Morgan fingerprint density at radius 3 is 2.63 bits per heavy atom. The predicted molar refractivity (Wildman–Crippen MR) is 56.4 cm³/mol. The van der Waals surface area contributed by atoms with Gasteiger partial charge in [0.15, 0.2) is 0 Å². The van der Waals surface area contributed by atoms with Crippen molar-refractivity contribution in [1.29, 1.82) is 0 Å². The first kappa shape index (κ1) is 14.7. The number of esters is 1. The third-order valence-electron chi connectivity index (χ3n) is 1.83. The van der Waals surface area contributed by atoms with Gasteiger partial charge in [-0.15, -0.1) is 0 Å². The molecule has 1 rings (SSSR count). The second kappa shape index (κ2) is 5.98. The maximum Gasteiger partial charge on any atom is 0.490 e. The number of halogens is 3. The standard InChI is InChI=1S/C9H8F3N3O4/c10-9(11,12)8(16)19-4-3-13-7-2-1-6(5-14-7)15(17)18/h1-2,5H,3-4H2,(H,13,14). The van der Waals surface area contributed by atoms with Gasteiger partial charge in [0.2, 0.25) is 0 Å². The molecule has 0 amide bonds. The number of pyridine rings is 1. The van der Waals surface area contributed by atoms with Crippen molar-refractivity contribution in [3.05, 3.63) is 28.4 Å². The Morgan fingerprint density at radius 2 is 2.16 bits per heavy atom. The number of aromatic nitrogens is 1. The molecule has 10 heteroatoms. The van der Waals surface area contributed by atoms with Gasteiger partial charge in [-0.3, -0.25) is 10.1 Å². The van der Waals surface area contributed by atoms with E-state index in [9.17, 15) is 28.1 Å². The summed E-state index contributed by atoms with van der Waals surface area (Å²) >= 11 is 0. The van der Waals surface area contributed by atoms with Crippen molar-refractivity contribution in [1.82, 2.24) is 4.98 Å². The molecule has 1 heterocycles. The van der Waals surface area contributed by atoms with Gasteiger partial charge < -0.3 is 10.1 Å². The van der Waals surface area contributed by atoms with Crippen LogP contribution in [0.3, 0.4) is 0 Å². The molecule has 1 aromatic heterocycles. The summed E-state index contributed by atoms with van der Waals surface area (Å²) in [6.07, 6.45) is -4.03. The van der Waals surface area contributed by atoms with Crippen molar-refractivity contribution < 1.29 is 27.6 Å². The first-order valence-corrected chi connectivity index (χ1v) is 4.89. The lowest BCUT2D eigenvalue weighted by Crippen LogP contribution is -2.27. The normalized spacial score (nSPS) is 10.9. The monoisotopic (exact) mass is 279 g/mol. The highest BCUT2D eigenvalue weighted by Crippen LogP contribution is 2.16. The van der Waals surface area contributed by atoms with Gasteiger partial charge in [-0.2, -0.15) is 13.2 Å². The molecule has 104 valence electrons. The zero-order valence-electron chi connectivity index (χ0n) is 9.31. The van der Waals surface area contributed by atoms with Crippen molar-refractivity contribution in [3.63, 3.8) is 0 Å². The van der Waals surface area contributed by atoms with E-state index < -0.39 is 23.7 Å². The molecule has 7 nitrogen and oxygen atoms in total. The second-order valence-electron chi connectivity index (χ2n) is 3.22. The number of hydrogen-bond donors (Lipinski definition) is 1. The third-order valence-corrected chi connectivity index (χ3v) is 1.83. The Bertz CT molecular complexity index is 461. The van der Waals surface area contributed by atoms with Crippen LogP contribution in [0, 0.1) is 10.1 Å². The van der Waals surface area contributed by atoms with E-state index in [1.807, 2.05) is 0 Å². The molecule has 0 aliphatic carbocycles. The second-order valence-corrected chi connectivity index (χ2v) is 3.22. The molecule has 0 fully saturated rings. The predicted octanol–water partition coefficient (Wildman–Crippen LogP) is 1.51. The lowest BCUT2D eigenvalue weighted by atomic mass is 10.4. The minimum absolute atomic E-state index is 0.105. The molecule has 0 radical (unpaired) electrons. The fourth-order valence-corrected chi connectivity index (χ4v) is 1.00. The Labute approximate surface area is 104 Å². The lowest BCUT2D eigenvalue weighted by molar-refractivity contribution is -0.385. The smallest absolute Gasteiger partial charge is 0.457 e. The Hall–Kier alpha value is -2.39. The van der Waals surface area contributed by atoms with Crippen LogP contribution < -0.4 is 5.32 Å². The third kappa shape index (κ3) is 4.77. The van der Waals surface area contributed by atoms with Gasteiger partial charge in [0.1, 0.15) is 18.6 Å². The Balaban J connectivity index is 2.34. The molecule has 0 unspecified atom stereocenters. The van der Waals surface area contributed by atoms with Crippen LogP contribution in [0.15, 0.2) is 18.3 Å². The van der Waals surface area contributed by atoms with Crippen molar-refractivity contribution >= 4 is 17.5 Å². The van der Waals surface area contributed by atoms with Gasteiger partial charge in [-0.05, 0) is 6.07 Å². The average Bonchev–Trinajstić information content (AvgIpc) is 2.33. The molecule has 0 spiro atoms. The molecule has 0 aliphatic heterocycles. The summed E-state index contributed by atoms with van der Waals surface area (Å²) in [5, 5.41) is 12.9. The largest absolute Gasteiger partial charge is 0.490 e. The number of nitrogens with zero attached hydrogens (tertiary/aromatic N) is 2. The number of ether oxygens (including phenoxy) is 1. The van der Waals surface area contributed by atoms with Crippen LogP contribution in [0.4, 0.5) is 24.7 Å². The topological polar surface area (TPSA) is 94.4 Å². The summed E-state index contributed by atoms with van der Waals surface area (Å²) in [6, 6.07) is 2.46. The van der Waals surface area contributed by atoms with E-state index in [-0.39, 0.29) is 18.1 Å². The Morgan fingerprint density at radius 1 is 1.47 bits per heavy atom. The van der Waals surface area contributed by atoms with Crippen LogP contribution in [0.2, 0.25) is 0 Å². The number of hydrogen-bond acceptors (Lipinski definition) is 6. The van der Waals surface area contributed by atoms with E-state index >= 15 is 0 Å². The quantitative estimate of drug-likeness (QED) is 0.380. The zero-order chi connectivity index (χ0) is 14.5. The van der Waals surface area contributed by atoms with Crippen LogP contribution >= 0.6 is 0 Å². The number of nitro groups is 1. The molecule has 1 aromatic rings. The zero-order valence-corrected chi connectivity index (χ0v) is 9.31. The van der Waals surface area contributed by atoms with Crippen LogP contribution in [0.25, 0.3) is 0 Å². The fraction of sp³-hybridized carbons (Fsp3) is 0.333. The lowest BCUT2D eigenvalue weighted by Gasteiger charge is -2.08. The van der Waals surface area contributed by atoms with E-state index in [0.29, 0.717) is 0 Å². The minimum Gasteiger partial charge on any atom is -0.457 e. The summed E-state index contributed by atoms with van der Waals surface area (Å²) < 4.78 is 39.2. The van der Waals surface area contributed by atoms with E-state index in [1.54, 1.807) is 0 Å². The molecule has 1 N–H and O–H groups in total. The number of anilines is 1. The molecule has 0 atom stereocenters. The number of carbonyl (C=O) groups is 1. The van der Waals surface area contributed by atoms with Gasteiger partial charge in [-0.1, -0.05) is 0 Å². The SMILES string of the molecule is O=C(OCCNc1ccc([N+](=O)[O-])cn1)C(F)(F)F. The average molecular weight is 279 g/mol. The van der Waals surface area contributed by atoms with Crippen LogP contribution in [0.5, 0.6) is 0 Å². The summed E-state index contributed by atoms with van der Waals surface area (Å²) in [5.74, 6) is -2.06. The van der Waals surface area contributed by atoms with Crippen molar-refractivity contribution in [2.45, 2.75) is 6.18 Å². The van der Waals surface area contributed by atoms with Gasteiger partial charge in [-0.25, -0.2) is 9.78 Å². The highest BCUT2D eigenvalue weighted by atomic mass is 19.4. The van der Waals surface area contributed by atoms with E-state index in [0.717, 1.165) is 6.20 Å². The number of alkyl halides is 3. The molecule has 0 bridgehead atoms. The molecule has 19 heavy (non-hydrogen) atoms. The molecular formula is C9H8F3N3O4. The van der Waals surface area contributed by atoms with Gasteiger partial charge in [0.25, 0.3) is 5.69 Å². The van der Waals surface area contributed by atoms with Crippen LogP contribution in [0.1, 0.15) is 0 Å². The first-order valence-electron chi connectivity index (χ1n) is 4.89. The van der Waals surface area contributed by atoms with Crippen LogP contribution in [-0.4, -0.2) is 35.2 Å². The van der Waals surface area contributed by atoms with E-state index in [1.165, 1.54) is 12.1 Å². The highest BCUT2D eigenvalue weighted by molar-refractivity contribution is 5.75. The summed E-state index contributed by atoms with van der Waals surface area (Å²) in [7, 11) is 0. The summed E-state index contributed by atoms with van der Waals surface area (Å²) in [4.78, 5) is 23.7. The van der Waals surface area contributed by atoms with E-state index in [4.69, 9.17) is 0 Å². The number of nitrogens with one attached hydrogen (secondary N) is 1. The molecular weight excluding hydrogens is 271 g/mol. The molecule has 0 saturated carbocycles. The van der Waals surface area contributed by atoms with Crippen molar-refractivity contribution in [2.24, 2.45) is 0 Å². The van der Waals surface area contributed by atoms with Gasteiger partial charge in [0.05, 0.1) is 11.5 Å². The van der Waals surface area contributed by atoms with Crippen molar-refractivity contribution in [2.75, 3.05) is 18.5 Å². The highest BCUT2D eigenvalue weighted by Gasteiger charge is 2.40. The minimum atomic E-state index is -5.02. The molecule has 0 aliphatic rings. The maximum absolute atomic E-state index is 11.7. The Kier molecular flexibility index (Phi) is 4.62. The maximum atomic E-state index is 11.7. The number of rotatable bonds is 5.